The SMILES string of the molecule is CC1CCCC(NC(=O)N(CCO)C2CC2)C1C. The van der Waals surface area contributed by atoms with Crippen LogP contribution in [0.4, 0.5) is 4.79 Å². The van der Waals surface area contributed by atoms with Gasteiger partial charge in [0.25, 0.3) is 0 Å². The molecular weight excluding hydrogens is 228 g/mol. The van der Waals surface area contributed by atoms with Gasteiger partial charge < -0.3 is 15.3 Å². The van der Waals surface area contributed by atoms with Gasteiger partial charge in [-0.1, -0.05) is 26.7 Å². The monoisotopic (exact) mass is 254 g/mol. The van der Waals surface area contributed by atoms with Crippen LogP contribution in [0.1, 0.15) is 46.0 Å². The molecule has 4 heteroatoms. The number of carbonyl (C=O) groups excluding carboxylic acids is 1. The summed E-state index contributed by atoms with van der Waals surface area (Å²) in [6.07, 6.45) is 5.75. The molecule has 4 nitrogen and oxygen atoms in total. The Bertz CT molecular complexity index is 292. The van der Waals surface area contributed by atoms with Crippen LogP contribution in [0.25, 0.3) is 0 Å². The Morgan fingerprint density at radius 3 is 2.61 bits per heavy atom. The molecule has 2 fully saturated rings. The second-order valence-electron chi connectivity index (χ2n) is 5.97. The van der Waals surface area contributed by atoms with E-state index in [9.17, 15) is 4.79 Å². The molecule has 104 valence electrons. The van der Waals surface area contributed by atoms with Gasteiger partial charge in [-0.05, 0) is 31.1 Å². The van der Waals surface area contributed by atoms with E-state index < -0.39 is 0 Å². The molecule has 0 saturated heterocycles. The first kappa shape index (κ1) is 13.7. The second kappa shape index (κ2) is 5.91. The average molecular weight is 254 g/mol. The fourth-order valence-electron chi connectivity index (χ4n) is 2.97. The van der Waals surface area contributed by atoms with Crippen molar-refractivity contribution in [2.45, 2.75) is 58.0 Å². The van der Waals surface area contributed by atoms with E-state index in [0.29, 0.717) is 30.5 Å². The molecule has 0 bridgehead atoms. The summed E-state index contributed by atoms with van der Waals surface area (Å²) in [4.78, 5) is 14.1. The van der Waals surface area contributed by atoms with Crippen molar-refractivity contribution in [2.75, 3.05) is 13.2 Å². The highest BCUT2D eigenvalue weighted by molar-refractivity contribution is 5.75. The topological polar surface area (TPSA) is 52.6 Å². The molecule has 2 N–H and O–H groups in total. The van der Waals surface area contributed by atoms with Crippen LogP contribution in [0, 0.1) is 11.8 Å². The number of carbonyl (C=O) groups is 1. The Morgan fingerprint density at radius 2 is 2.00 bits per heavy atom. The van der Waals surface area contributed by atoms with E-state index in [2.05, 4.69) is 19.2 Å². The van der Waals surface area contributed by atoms with E-state index in [0.717, 1.165) is 19.3 Å². The first-order chi connectivity index (χ1) is 8.63. The highest BCUT2D eigenvalue weighted by Gasteiger charge is 2.35. The molecule has 0 aromatic carbocycles. The maximum absolute atomic E-state index is 12.2. The fourth-order valence-corrected chi connectivity index (χ4v) is 2.97. The lowest BCUT2D eigenvalue weighted by molar-refractivity contribution is 0.153. The quantitative estimate of drug-likeness (QED) is 0.806. The average Bonchev–Trinajstić information content (AvgIpc) is 3.16. The number of urea groups is 1. The van der Waals surface area contributed by atoms with Crippen molar-refractivity contribution in [2.24, 2.45) is 11.8 Å². The lowest BCUT2D eigenvalue weighted by Gasteiger charge is -2.36. The Labute approximate surface area is 110 Å². The van der Waals surface area contributed by atoms with Gasteiger partial charge in [-0.25, -0.2) is 4.79 Å². The number of nitrogens with zero attached hydrogens (tertiary/aromatic N) is 1. The number of nitrogens with one attached hydrogen (secondary N) is 1. The van der Waals surface area contributed by atoms with Gasteiger partial charge in [0.15, 0.2) is 0 Å². The predicted octanol–water partition coefficient (Wildman–Crippen LogP) is 1.98. The molecule has 3 unspecified atom stereocenters. The van der Waals surface area contributed by atoms with Crippen LogP contribution in [-0.4, -0.2) is 41.3 Å². The number of aliphatic hydroxyl groups is 1. The van der Waals surface area contributed by atoms with Crippen molar-refractivity contribution in [3.05, 3.63) is 0 Å². The molecule has 0 heterocycles. The molecule has 2 rings (SSSR count). The molecule has 18 heavy (non-hydrogen) atoms. The summed E-state index contributed by atoms with van der Waals surface area (Å²) in [7, 11) is 0. The van der Waals surface area contributed by atoms with Crippen molar-refractivity contribution in [1.29, 1.82) is 0 Å². The van der Waals surface area contributed by atoms with Crippen LogP contribution in [0.3, 0.4) is 0 Å². The summed E-state index contributed by atoms with van der Waals surface area (Å²) in [6.45, 7) is 5.03. The van der Waals surface area contributed by atoms with E-state index in [1.807, 2.05) is 4.90 Å². The highest BCUT2D eigenvalue weighted by atomic mass is 16.3. The maximum atomic E-state index is 12.2. The largest absolute Gasteiger partial charge is 0.395 e. The number of amides is 2. The normalized spacial score (nSPS) is 32.1. The zero-order valence-electron chi connectivity index (χ0n) is 11.6. The van der Waals surface area contributed by atoms with Gasteiger partial charge in [-0.15, -0.1) is 0 Å². The minimum Gasteiger partial charge on any atom is -0.395 e. The number of aliphatic hydroxyl groups excluding tert-OH is 1. The van der Waals surface area contributed by atoms with Crippen LogP contribution in [0.2, 0.25) is 0 Å². The standard InChI is InChI=1S/C14H26N2O2/c1-10-4-3-5-13(11(10)2)15-14(18)16(8-9-17)12-6-7-12/h10-13,17H,3-9H2,1-2H3,(H,15,18). The van der Waals surface area contributed by atoms with Crippen molar-refractivity contribution < 1.29 is 9.90 Å². The molecule has 2 aliphatic carbocycles. The van der Waals surface area contributed by atoms with Crippen LogP contribution in [0.5, 0.6) is 0 Å². The lowest BCUT2D eigenvalue weighted by atomic mass is 9.78. The van der Waals surface area contributed by atoms with Gasteiger partial charge in [0.2, 0.25) is 0 Å². The zero-order valence-corrected chi connectivity index (χ0v) is 11.6. The Balaban J connectivity index is 1.88. The van der Waals surface area contributed by atoms with E-state index >= 15 is 0 Å². The Kier molecular flexibility index (Phi) is 4.49. The van der Waals surface area contributed by atoms with Gasteiger partial charge >= 0.3 is 6.03 Å². The minimum absolute atomic E-state index is 0.0255. The van der Waals surface area contributed by atoms with Crippen LogP contribution >= 0.6 is 0 Å². The molecule has 0 aromatic heterocycles. The third-order valence-electron chi connectivity index (χ3n) is 4.61. The number of hydrogen-bond donors (Lipinski definition) is 2. The number of hydrogen-bond acceptors (Lipinski definition) is 2. The maximum Gasteiger partial charge on any atom is 0.317 e. The first-order valence-corrected chi connectivity index (χ1v) is 7.31. The first-order valence-electron chi connectivity index (χ1n) is 7.31. The summed E-state index contributed by atoms with van der Waals surface area (Å²) in [5, 5.41) is 12.2. The van der Waals surface area contributed by atoms with Gasteiger partial charge in [0.05, 0.1) is 6.61 Å². The van der Waals surface area contributed by atoms with E-state index in [1.54, 1.807) is 0 Å². The highest BCUT2D eigenvalue weighted by Crippen LogP contribution is 2.30. The van der Waals surface area contributed by atoms with E-state index in [-0.39, 0.29) is 12.6 Å². The third-order valence-corrected chi connectivity index (χ3v) is 4.61. The van der Waals surface area contributed by atoms with Crippen molar-refractivity contribution in [3.8, 4) is 0 Å². The fraction of sp³-hybridized carbons (Fsp3) is 0.929. The molecule has 2 aliphatic rings. The molecule has 0 radical (unpaired) electrons. The minimum atomic E-state index is 0.0255. The van der Waals surface area contributed by atoms with Crippen molar-refractivity contribution in [1.82, 2.24) is 10.2 Å². The summed E-state index contributed by atoms with van der Waals surface area (Å²) >= 11 is 0. The van der Waals surface area contributed by atoms with Crippen LogP contribution in [0.15, 0.2) is 0 Å². The van der Waals surface area contributed by atoms with Crippen LogP contribution in [-0.2, 0) is 0 Å². The lowest BCUT2D eigenvalue weighted by Crippen LogP contribution is -2.50. The zero-order chi connectivity index (χ0) is 13.1. The Morgan fingerprint density at radius 1 is 1.28 bits per heavy atom. The smallest absolute Gasteiger partial charge is 0.317 e. The molecule has 0 aromatic rings. The van der Waals surface area contributed by atoms with Gasteiger partial charge in [0, 0.05) is 18.6 Å². The van der Waals surface area contributed by atoms with Crippen molar-refractivity contribution in [3.63, 3.8) is 0 Å². The third kappa shape index (κ3) is 3.16. The van der Waals surface area contributed by atoms with E-state index in [4.69, 9.17) is 5.11 Å². The summed E-state index contributed by atoms with van der Waals surface area (Å²) < 4.78 is 0. The van der Waals surface area contributed by atoms with Crippen molar-refractivity contribution >= 4 is 6.03 Å². The van der Waals surface area contributed by atoms with E-state index in [1.165, 1.54) is 12.8 Å². The number of rotatable bonds is 4. The molecule has 0 aliphatic heterocycles. The summed E-state index contributed by atoms with van der Waals surface area (Å²) in [5.41, 5.74) is 0. The molecule has 3 atom stereocenters. The summed E-state index contributed by atoms with van der Waals surface area (Å²) in [5.74, 6) is 1.24. The van der Waals surface area contributed by atoms with Gasteiger partial charge in [-0.3, -0.25) is 0 Å². The summed E-state index contributed by atoms with van der Waals surface area (Å²) in [6, 6.07) is 0.701. The molecule has 2 saturated carbocycles. The van der Waals surface area contributed by atoms with Gasteiger partial charge in [0.1, 0.15) is 0 Å². The predicted molar refractivity (Wildman–Crippen MR) is 71.3 cm³/mol. The second-order valence-corrected chi connectivity index (χ2v) is 5.97. The molecular formula is C14H26N2O2. The van der Waals surface area contributed by atoms with Gasteiger partial charge in [-0.2, -0.15) is 0 Å². The molecule has 2 amide bonds. The van der Waals surface area contributed by atoms with Crippen LogP contribution < -0.4 is 5.32 Å². The molecule has 0 spiro atoms. The Hall–Kier alpha value is -0.770.